The number of allylic oxidation sites excluding steroid dienone is 1. The summed E-state index contributed by atoms with van der Waals surface area (Å²) in [6, 6.07) is 0.488. The number of aliphatic hydroxyl groups is 1. The standard InChI is InChI=1S/C13H25NO/c1-5-7-8-14-10-11(3)13(15,6-2)9-12(14)4/h5,7,11-12,15H,6,8-10H2,1-4H3. The molecule has 0 bridgehead atoms. The lowest BCUT2D eigenvalue weighted by Gasteiger charge is -2.46. The molecule has 0 aliphatic carbocycles. The first-order valence-corrected chi connectivity index (χ1v) is 6.11. The largest absolute Gasteiger partial charge is 0.390 e. The van der Waals surface area contributed by atoms with Gasteiger partial charge in [-0.25, -0.2) is 0 Å². The van der Waals surface area contributed by atoms with Gasteiger partial charge in [0, 0.05) is 19.1 Å². The van der Waals surface area contributed by atoms with Crippen molar-refractivity contribution in [3.63, 3.8) is 0 Å². The second-order valence-electron chi connectivity index (χ2n) is 4.93. The molecule has 0 aromatic carbocycles. The van der Waals surface area contributed by atoms with Crippen molar-refractivity contribution >= 4 is 0 Å². The quantitative estimate of drug-likeness (QED) is 0.725. The Labute approximate surface area is 94.0 Å². The van der Waals surface area contributed by atoms with Crippen LogP contribution < -0.4 is 0 Å². The lowest BCUT2D eigenvalue weighted by Crippen LogP contribution is -2.54. The Morgan fingerprint density at radius 3 is 2.67 bits per heavy atom. The van der Waals surface area contributed by atoms with Gasteiger partial charge in [-0.3, -0.25) is 4.90 Å². The van der Waals surface area contributed by atoms with Gasteiger partial charge in [-0.1, -0.05) is 26.0 Å². The van der Waals surface area contributed by atoms with Crippen LogP contribution >= 0.6 is 0 Å². The van der Waals surface area contributed by atoms with E-state index in [1.54, 1.807) is 0 Å². The molecular formula is C13H25NO. The van der Waals surface area contributed by atoms with Crippen molar-refractivity contribution in [2.45, 2.75) is 52.2 Å². The number of nitrogens with zero attached hydrogens (tertiary/aromatic N) is 1. The van der Waals surface area contributed by atoms with E-state index >= 15 is 0 Å². The van der Waals surface area contributed by atoms with Gasteiger partial charge in [-0.05, 0) is 32.6 Å². The van der Waals surface area contributed by atoms with Gasteiger partial charge >= 0.3 is 0 Å². The SMILES string of the molecule is CC=CCN1CC(C)C(O)(CC)CC1C. The first-order chi connectivity index (χ1) is 7.03. The van der Waals surface area contributed by atoms with Gasteiger partial charge in [0.1, 0.15) is 0 Å². The molecule has 1 rings (SSSR count). The highest BCUT2D eigenvalue weighted by Crippen LogP contribution is 2.33. The Morgan fingerprint density at radius 1 is 1.47 bits per heavy atom. The number of hydrogen-bond acceptors (Lipinski definition) is 2. The summed E-state index contributed by atoms with van der Waals surface area (Å²) in [7, 11) is 0. The summed E-state index contributed by atoms with van der Waals surface area (Å²) in [5.41, 5.74) is -0.439. The van der Waals surface area contributed by atoms with Crippen LogP contribution in [-0.4, -0.2) is 34.7 Å². The van der Waals surface area contributed by atoms with Crippen LogP contribution in [0, 0.1) is 5.92 Å². The molecule has 2 nitrogen and oxygen atoms in total. The third-order valence-electron chi connectivity index (χ3n) is 3.89. The Kier molecular flexibility index (Phi) is 4.35. The fourth-order valence-electron chi connectivity index (χ4n) is 2.53. The van der Waals surface area contributed by atoms with E-state index in [2.05, 4.69) is 44.7 Å². The highest BCUT2D eigenvalue weighted by Gasteiger charge is 2.40. The zero-order chi connectivity index (χ0) is 11.5. The number of rotatable bonds is 3. The lowest BCUT2D eigenvalue weighted by molar-refractivity contribution is -0.0841. The van der Waals surface area contributed by atoms with Crippen LogP contribution in [0.2, 0.25) is 0 Å². The summed E-state index contributed by atoms with van der Waals surface area (Å²) in [5.74, 6) is 0.379. The minimum absolute atomic E-state index is 0.379. The molecule has 0 amide bonds. The summed E-state index contributed by atoms with van der Waals surface area (Å²) in [6.45, 7) is 10.6. The van der Waals surface area contributed by atoms with Gasteiger partial charge in [0.05, 0.1) is 5.60 Å². The van der Waals surface area contributed by atoms with Crippen LogP contribution in [0.4, 0.5) is 0 Å². The van der Waals surface area contributed by atoms with Crippen molar-refractivity contribution in [3.8, 4) is 0 Å². The monoisotopic (exact) mass is 211 g/mol. The van der Waals surface area contributed by atoms with Gasteiger partial charge in [0.2, 0.25) is 0 Å². The molecule has 0 aromatic rings. The molecule has 2 heteroatoms. The van der Waals surface area contributed by atoms with Crippen LogP contribution in [0.25, 0.3) is 0 Å². The van der Waals surface area contributed by atoms with E-state index in [-0.39, 0.29) is 0 Å². The molecule has 0 saturated carbocycles. The van der Waals surface area contributed by atoms with Crippen molar-refractivity contribution in [2.75, 3.05) is 13.1 Å². The minimum atomic E-state index is -0.439. The fourth-order valence-corrected chi connectivity index (χ4v) is 2.53. The minimum Gasteiger partial charge on any atom is -0.390 e. The zero-order valence-electron chi connectivity index (χ0n) is 10.5. The predicted molar refractivity (Wildman–Crippen MR) is 64.9 cm³/mol. The van der Waals surface area contributed by atoms with Crippen molar-refractivity contribution in [2.24, 2.45) is 5.92 Å². The molecule has 1 heterocycles. The van der Waals surface area contributed by atoms with Crippen LogP contribution in [0.5, 0.6) is 0 Å². The molecule has 1 aliphatic heterocycles. The van der Waals surface area contributed by atoms with Crippen molar-refractivity contribution in [1.29, 1.82) is 0 Å². The highest BCUT2D eigenvalue weighted by atomic mass is 16.3. The second-order valence-corrected chi connectivity index (χ2v) is 4.93. The van der Waals surface area contributed by atoms with Crippen LogP contribution in [-0.2, 0) is 0 Å². The first kappa shape index (κ1) is 12.7. The molecule has 3 unspecified atom stereocenters. The van der Waals surface area contributed by atoms with Crippen molar-refractivity contribution in [1.82, 2.24) is 4.90 Å². The Bertz CT molecular complexity index is 227. The van der Waals surface area contributed by atoms with E-state index in [4.69, 9.17) is 0 Å². The Balaban J connectivity index is 2.62. The highest BCUT2D eigenvalue weighted by molar-refractivity contribution is 4.96. The van der Waals surface area contributed by atoms with E-state index in [0.717, 1.165) is 25.9 Å². The van der Waals surface area contributed by atoms with E-state index in [9.17, 15) is 5.11 Å². The molecule has 15 heavy (non-hydrogen) atoms. The number of piperidine rings is 1. The molecule has 0 aromatic heterocycles. The third-order valence-corrected chi connectivity index (χ3v) is 3.89. The van der Waals surface area contributed by atoms with Crippen LogP contribution in [0.15, 0.2) is 12.2 Å². The van der Waals surface area contributed by atoms with Crippen molar-refractivity contribution in [3.05, 3.63) is 12.2 Å². The topological polar surface area (TPSA) is 23.5 Å². The van der Waals surface area contributed by atoms with Crippen LogP contribution in [0.1, 0.15) is 40.5 Å². The maximum atomic E-state index is 10.4. The van der Waals surface area contributed by atoms with Gasteiger partial charge in [-0.15, -0.1) is 0 Å². The van der Waals surface area contributed by atoms with Crippen LogP contribution in [0.3, 0.4) is 0 Å². The molecule has 1 N–H and O–H groups in total. The van der Waals surface area contributed by atoms with E-state index in [0.29, 0.717) is 12.0 Å². The smallest absolute Gasteiger partial charge is 0.0697 e. The lowest BCUT2D eigenvalue weighted by atomic mass is 9.77. The number of likely N-dealkylation sites (tertiary alicyclic amines) is 1. The fraction of sp³-hybridized carbons (Fsp3) is 0.846. The summed E-state index contributed by atoms with van der Waals surface area (Å²) < 4.78 is 0. The number of hydrogen-bond donors (Lipinski definition) is 1. The molecule has 1 fully saturated rings. The summed E-state index contributed by atoms with van der Waals surface area (Å²) in [4.78, 5) is 2.45. The van der Waals surface area contributed by atoms with Gasteiger partial charge in [0.25, 0.3) is 0 Å². The molecule has 0 radical (unpaired) electrons. The van der Waals surface area contributed by atoms with Gasteiger partial charge in [0.15, 0.2) is 0 Å². The zero-order valence-corrected chi connectivity index (χ0v) is 10.5. The first-order valence-electron chi connectivity index (χ1n) is 6.11. The maximum Gasteiger partial charge on any atom is 0.0697 e. The van der Waals surface area contributed by atoms with Gasteiger partial charge < -0.3 is 5.11 Å². The van der Waals surface area contributed by atoms with E-state index in [1.165, 1.54) is 0 Å². The third kappa shape index (κ3) is 2.82. The van der Waals surface area contributed by atoms with Crippen molar-refractivity contribution < 1.29 is 5.11 Å². The summed E-state index contributed by atoms with van der Waals surface area (Å²) in [5, 5.41) is 10.4. The molecule has 3 atom stereocenters. The predicted octanol–water partition coefficient (Wildman–Crippen LogP) is 2.43. The molecule has 0 spiro atoms. The van der Waals surface area contributed by atoms with Gasteiger partial charge in [-0.2, -0.15) is 0 Å². The van der Waals surface area contributed by atoms with E-state index in [1.807, 2.05) is 0 Å². The normalized spacial score (nSPS) is 38.7. The second kappa shape index (κ2) is 5.13. The molecule has 88 valence electrons. The molecule has 1 saturated heterocycles. The summed E-state index contributed by atoms with van der Waals surface area (Å²) >= 11 is 0. The molecule has 1 aliphatic rings. The Morgan fingerprint density at radius 2 is 2.13 bits per heavy atom. The average Bonchev–Trinajstić information content (AvgIpc) is 2.21. The average molecular weight is 211 g/mol. The Hall–Kier alpha value is -0.340. The molecular weight excluding hydrogens is 186 g/mol. The van der Waals surface area contributed by atoms with E-state index < -0.39 is 5.60 Å². The maximum absolute atomic E-state index is 10.4. The summed E-state index contributed by atoms with van der Waals surface area (Å²) in [6.07, 6.45) is 6.07.